The highest BCUT2D eigenvalue weighted by molar-refractivity contribution is 5.32. The molecule has 1 atom stereocenters. The first-order valence-electron chi connectivity index (χ1n) is 7.00. The van der Waals surface area contributed by atoms with Crippen LogP contribution in [-0.4, -0.2) is 31.1 Å². The summed E-state index contributed by atoms with van der Waals surface area (Å²) in [6.45, 7) is 5.60. The van der Waals surface area contributed by atoms with Gasteiger partial charge in [-0.2, -0.15) is 0 Å². The Balaban J connectivity index is 2.02. The van der Waals surface area contributed by atoms with Gasteiger partial charge >= 0.3 is 0 Å². The third-order valence-electron chi connectivity index (χ3n) is 3.78. The van der Waals surface area contributed by atoms with Crippen LogP contribution in [0.4, 0.5) is 4.39 Å². The number of halogens is 1. The Morgan fingerprint density at radius 2 is 2.05 bits per heavy atom. The minimum atomic E-state index is -0.171. The Bertz CT molecular complexity index is 562. The lowest BCUT2D eigenvalue weighted by Crippen LogP contribution is -2.45. The second-order valence-corrected chi connectivity index (χ2v) is 5.23. The zero-order valence-electron chi connectivity index (χ0n) is 11.6. The van der Waals surface area contributed by atoms with E-state index in [-0.39, 0.29) is 11.9 Å². The summed E-state index contributed by atoms with van der Waals surface area (Å²) in [5.74, 6) is 0.631. The van der Waals surface area contributed by atoms with Crippen LogP contribution in [0.25, 0.3) is 0 Å². The molecule has 0 bridgehead atoms. The van der Waals surface area contributed by atoms with Crippen molar-refractivity contribution in [1.29, 1.82) is 0 Å². The molecule has 1 aromatic carbocycles. The molecule has 0 aliphatic carbocycles. The summed E-state index contributed by atoms with van der Waals surface area (Å²) in [5.41, 5.74) is 1.76. The highest BCUT2D eigenvalue weighted by Crippen LogP contribution is 2.31. The summed E-state index contributed by atoms with van der Waals surface area (Å²) in [5, 5.41) is 3.33. The molecule has 1 N–H and O–H groups in total. The van der Waals surface area contributed by atoms with Gasteiger partial charge in [0.2, 0.25) is 0 Å². The van der Waals surface area contributed by atoms with Crippen LogP contribution in [0.3, 0.4) is 0 Å². The zero-order chi connectivity index (χ0) is 13.9. The molecular weight excluding hydrogens is 255 g/mol. The van der Waals surface area contributed by atoms with Crippen molar-refractivity contribution < 1.29 is 8.81 Å². The second kappa shape index (κ2) is 5.77. The molecule has 0 saturated carbocycles. The third kappa shape index (κ3) is 2.62. The summed E-state index contributed by atoms with van der Waals surface area (Å²) in [7, 11) is 0. The highest BCUT2D eigenvalue weighted by Gasteiger charge is 2.28. The minimum Gasteiger partial charge on any atom is -0.467 e. The van der Waals surface area contributed by atoms with Crippen LogP contribution in [0, 0.1) is 12.7 Å². The molecule has 3 nitrogen and oxygen atoms in total. The molecule has 4 heteroatoms. The SMILES string of the molecule is Cc1ccc(F)c([C@@H](c2ccco2)N2CCNCC2)c1. The van der Waals surface area contributed by atoms with Crippen LogP contribution in [0.1, 0.15) is 22.9 Å². The third-order valence-corrected chi connectivity index (χ3v) is 3.78. The molecule has 106 valence electrons. The van der Waals surface area contributed by atoms with Gasteiger partial charge in [0.05, 0.1) is 12.3 Å². The average Bonchev–Trinajstić information content (AvgIpc) is 2.98. The van der Waals surface area contributed by atoms with Crippen LogP contribution in [-0.2, 0) is 0 Å². The predicted octanol–water partition coefficient (Wildman–Crippen LogP) is 2.72. The van der Waals surface area contributed by atoms with Crippen molar-refractivity contribution in [2.75, 3.05) is 26.2 Å². The molecule has 1 saturated heterocycles. The number of benzene rings is 1. The first-order valence-corrected chi connectivity index (χ1v) is 7.00. The molecule has 3 rings (SSSR count). The molecule has 20 heavy (non-hydrogen) atoms. The minimum absolute atomic E-state index is 0.146. The smallest absolute Gasteiger partial charge is 0.128 e. The molecule has 1 aromatic heterocycles. The summed E-state index contributed by atoms with van der Waals surface area (Å²) in [4.78, 5) is 2.27. The number of nitrogens with one attached hydrogen (secondary N) is 1. The van der Waals surface area contributed by atoms with Crippen molar-refractivity contribution in [2.24, 2.45) is 0 Å². The van der Waals surface area contributed by atoms with E-state index in [2.05, 4.69) is 10.2 Å². The van der Waals surface area contributed by atoms with E-state index in [4.69, 9.17) is 4.42 Å². The Hall–Kier alpha value is -1.65. The van der Waals surface area contributed by atoms with E-state index in [1.165, 1.54) is 0 Å². The lowest BCUT2D eigenvalue weighted by Gasteiger charge is -2.34. The van der Waals surface area contributed by atoms with E-state index < -0.39 is 0 Å². The molecule has 2 heterocycles. The van der Waals surface area contributed by atoms with Gasteiger partial charge in [0, 0.05) is 31.7 Å². The number of aryl methyl sites for hydroxylation is 1. The quantitative estimate of drug-likeness (QED) is 0.933. The van der Waals surface area contributed by atoms with E-state index in [1.54, 1.807) is 18.4 Å². The fraction of sp³-hybridized carbons (Fsp3) is 0.375. The van der Waals surface area contributed by atoms with Crippen molar-refractivity contribution in [3.63, 3.8) is 0 Å². The molecule has 0 amide bonds. The van der Waals surface area contributed by atoms with Gasteiger partial charge in [-0.15, -0.1) is 0 Å². The monoisotopic (exact) mass is 274 g/mol. The second-order valence-electron chi connectivity index (χ2n) is 5.23. The van der Waals surface area contributed by atoms with Gasteiger partial charge in [-0.3, -0.25) is 4.90 Å². The highest BCUT2D eigenvalue weighted by atomic mass is 19.1. The zero-order valence-corrected chi connectivity index (χ0v) is 11.6. The maximum Gasteiger partial charge on any atom is 0.128 e. The Morgan fingerprint density at radius 1 is 1.25 bits per heavy atom. The van der Waals surface area contributed by atoms with Crippen LogP contribution in [0.15, 0.2) is 41.0 Å². The van der Waals surface area contributed by atoms with Crippen LogP contribution < -0.4 is 5.32 Å². The summed E-state index contributed by atoms with van der Waals surface area (Å²) in [6, 6.07) is 8.91. The Labute approximate surface area is 118 Å². The largest absolute Gasteiger partial charge is 0.467 e. The van der Waals surface area contributed by atoms with E-state index in [0.717, 1.165) is 37.5 Å². The molecule has 1 fully saturated rings. The van der Waals surface area contributed by atoms with Crippen molar-refractivity contribution in [3.05, 3.63) is 59.3 Å². The average molecular weight is 274 g/mol. The van der Waals surface area contributed by atoms with Crippen molar-refractivity contribution in [2.45, 2.75) is 13.0 Å². The summed E-state index contributed by atoms with van der Waals surface area (Å²) >= 11 is 0. The first kappa shape index (κ1) is 13.3. The van der Waals surface area contributed by atoms with Crippen molar-refractivity contribution in [1.82, 2.24) is 10.2 Å². The number of nitrogens with zero attached hydrogens (tertiary/aromatic N) is 1. The van der Waals surface area contributed by atoms with Crippen LogP contribution in [0.2, 0.25) is 0 Å². The number of piperazine rings is 1. The predicted molar refractivity (Wildman–Crippen MR) is 76.1 cm³/mol. The molecule has 1 aliphatic heterocycles. The van der Waals surface area contributed by atoms with Gasteiger partial charge in [-0.05, 0) is 25.1 Å². The molecule has 2 aromatic rings. The fourth-order valence-corrected chi connectivity index (χ4v) is 2.79. The summed E-state index contributed by atoms with van der Waals surface area (Å²) < 4.78 is 19.9. The summed E-state index contributed by atoms with van der Waals surface area (Å²) in [6.07, 6.45) is 1.65. The maximum absolute atomic E-state index is 14.3. The van der Waals surface area contributed by atoms with Gasteiger partial charge in [0.1, 0.15) is 11.6 Å². The lowest BCUT2D eigenvalue weighted by molar-refractivity contribution is 0.177. The lowest BCUT2D eigenvalue weighted by atomic mass is 9.99. The molecule has 0 unspecified atom stereocenters. The van der Waals surface area contributed by atoms with Crippen LogP contribution in [0.5, 0.6) is 0 Å². The van der Waals surface area contributed by atoms with E-state index >= 15 is 0 Å². The van der Waals surface area contributed by atoms with E-state index in [0.29, 0.717) is 5.56 Å². The van der Waals surface area contributed by atoms with Gasteiger partial charge in [0.15, 0.2) is 0 Å². The topological polar surface area (TPSA) is 28.4 Å². The Morgan fingerprint density at radius 3 is 2.75 bits per heavy atom. The number of hydrogen-bond acceptors (Lipinski definition) is 3. The van der Waals surface area contributed by atoms with E-state index in [1.807, 2.05) is 25.1 Å². The van der Waals surface area contributed by atoms with Crippen molar-refractivity contribution in [3.8, 4) is 0 Å². The Kier molecular flexibility index (Phi) is 3.85. The molecule has 0 radical (unpaired) electrons. The molecule has 1 aliphatic rings. The number of furan rings is 1. The van der Waals surface area contributed by atoms with Gasteiger partial charge in [0.25, 0.3) is 0 Å². The maximum atomic E-state index is 14.3. The number of rotatable bonds is 3. The van der Waals surface area contributed by atoms with Crippen molar-refractivity contribution >= 4 is 0 Å². The first-order chi connectivity index (χ1) is 9.75. The molecule has 0 spiro atoms. The van der Waals surface area contributed by atoms with Gasteiger partial charge in [-0.25, -0.2) is 4.39 Å². The van der Waals surface area contributed by atoms with Crippen LogP contribution >= 0.6 is 0 Å². The standard InChI is InChI=1S/C16H19FN2O/c1-12-4-5-14(17)13(11-12)16(15-3-2-10-20-15)19-8-6-18-7-9-19/h2-5,10-11,16,18H,6-9H2,1H3/t16-/m0/s1. The fourth-order valence-electron chi connectivity index (χ4n) is 2.79. The van der Waals surface area contributed by atoms with E-state index in [9.17, 15) is 4.39 Å². The normalized spacial score (nSPS) is 18.1. The molecular formula is C16H19FN2O. The van der Waals surface area contributed by atoms with Gasteiger partial charge < -0.3 is 9.73 Å². The van der Waals surface area contributed by atoms with Gasteiger partial charge in [-0.1, -0.05) is 17.7 Å². The number of hydrogen-bond donors (Lipinski definition) is 1.